The van der Waals surface area contributed by atoms with Crippen LogP contribution in [0.3, 0.4) is 0 Å². The van der Waals surface area contributed by atoms with Crippen molar-refractivity contribution in [3.63, 3.8) is 0 Å². The summed E-state index contributed by atoms with van der Waals surface area (Å²) < 4.78 is 10.6. The van der Waals surface area contributed by atoms with E-state index in [9.17, 15) is 14.4 Å². The first-order valence-corrected chi connectivity index (χ1v) is 11.2. The van der Waals surface area contributed by atoms with Crippen LogP contribution >= 0.6 is 11.6 Å². The molecule has 0 fully saturated rings. The predicted molar refractivity (Wildman–Crippen MR) is 129 cm³/mol. The van der Waals surface area contributed by atoms with Crippen molar-refractivity contribution in [3.8, 4) is 11.8 Å². The standard InChI is InChI=1S/C25H28ClN3O5/c1-4-17(2)23(28-24(31)18-10-12-19(26)13-11-18)25(32)34-16-22(30)29(15-7-14-27)20-8-5-6-9-21(20)33-3/h5-6,8-13,17,23H,4,7,15-16H2,1-3H3,(H,28,31). The Labute approximate surface area is 204 Å². The van der Waals surface area contributed by atoms with Gasteiger partial charge in [0.05, 0.1) is 25.3 Å². The highest BCUT2D eigenvalue weighted by Crippen LogP contribution is 2.28. The number of carbonyl (C=O) groups is 3. The lowest BCUT2D eigenvalue weighted by atomic mass is 9.99. The number of nitriles is 1. The third-order valence-electron chi connectivity index (χ3n) is 5.32. The van der Waals surface area contributed by atoms with Crippen LogP contribution in [0.2, 0.25) is 5.02 Å². The van der Waals surface area contributed by atoms with E-state index in [0.29, 0.717) is 28.4 Å². The maximum absolute atomic E-state index is 12.9. The van der Waals surface area contributed by atoms with Gasteiger partial charge in [0.1, 0.15) is 11.8 Å². The van der Waals surface area contributed by atoms with Crippen molar-refractivity contribution in [2.45, 2.75) is 32.7 Å². The maximum atomic E-state index is 12.9. The summed E-state index contributed by atoms with van der Waals surface area (Å²) in [5, 5.41) is 12.2. The molecule has 2 rings (SSSR count). The van der Waals surface area contributed by atoms with Gasteiger partial charge in [0, 0.05) is 17.1 Å². The summed E-state index contributed by atoms with van der Waals surface area (Å²) in [6.45, 7) is 3.25. The summed E-state index contributed by atoms with van der Waals surface area (Å²) in [4.78, 5) is 39.8. The molecule has 180 valence electrons. The van der Waals surface area contributed by atoms with Crippen LogP contribution in [0.5, 0.6) is 5.75 Å². The van der Waals surface area contributed by atoms with E-state index in [4.69, 9.17) is 26.3 Å². The number of nitrogens with one attached hydrogen (secondary N) is 1. The zero-order chi connectivity index (χ0) is 25.1. The van der Waals surface area contributed by atoms with Crippen LogP contribution < -0.4 is 15.0 Å². The summed E-state index contributed by atoms with van der Waals surface area (Å²) in [5.41, 5.74) is 0.816. The molecule has 0 radical (unpaired) electrons. The lowest BCUT2D eigenvalue weighted by molar-refractivity contribution is -0.151. The number of carbonyl (C=O) groups excluding carboxylic acids is 3. The minimum Gasteiger partial charge on any atom is -0.495 e. The molecule has 0 bridgehead atoms. The summed E-state index contributed by atoms with van der Waals surface area (Å²) in [5.74, 6) is -1.46. The molecular formula is C25H28ClN3O5. The Morgan fingerprint density at radius 1 is 1.15 bits per heavy atom. The van der Waals surface area contributed by atoms with Crippen LogP contribution in [0.15, 0.2) is 48.5 Å². The molecule has 2 aromatic rings. The van der Waals surface area contributed by atoms with Crippen molar-refractivity contribution in [1.29, 1.82) is 5.26 Å². The zero-order valence-corrected chi connectivity index (χ0v) is 20.2. The predicted octanol–water partition coefficient (Wildman–Crippen LogP) is 3.98. The Hall–Kier alpha value is -3.57. The molecule has 0 aliphatic rings. The summed E-state index contributed by atoms with van der Waals surface area (Å²) >= 11 is 5.87. The Morgan fingerprint density at radius 3 is 2.44 bits per heavy atom. The van der Waals surface area contributed by atoms with Gasteiger partial charge in [-0.1, -0.05) is 44.0 Å². The van der Waals surface area contributed by atoms with Crippen molar-refractivity contribution in [2.24, 2.45) is 5.92 Å². The van der Waals surface area contributed by atoms with Crippen LogP contribution in [0, 0.1) is 17.2 Å². The Balaban J connectivity index is 2.12. The second-order valence-corrected chi connectivity index (χ2v) is 8.01. The van der Waals surface area contributed by atoms with Crippen molar-refractivity contribution < 1.29 is 23.9 Å². The maximum Gasteiger partial charge on any atom is 0.329 e. The van der Waals surface area contributed by atoms with Crippen molar-refractivity contribution in [2.75, 3.05) is 25.2 Å². The summed E-state index contributed by atoms with van der Waals surface area (Å²) in [6, 6.07) is 14.2. The Kier molecular flexibility index (Phi) is 10.4. The summed E-state index contributed by atoms with van der Waals surface area (Å²) in [6.07, 6.45) is 0.689. The first kappa shape index (κ1) is 26.7. The van der Waals surface area contributed by atoms with Crippen LogP contribution in [0.4, 0.5) is 5.69 Å². The minimum absolute atomic E-state index is 0.0877. The van der Waals surface area contributed by atoms with Gasteiger partial charge in [0.25, 0.3) is 11.8 Å². The molecule has 2 unspecified atom stereocenters. The second-order valence-electron chi connectivity index (χ2n) is 7.58. The highest BCUT2D eigenvalue weighted by atomic mass is 35.5. The van der Waals surface area contributed by atoms with Gasteiger partial charge in [-0.05, 0) is 42.3 Å². The number of anilines is 1. The van der Waals surface area contributed by atoms with Gasteiger partial charge in [0.15, 0.2) is 6.61 Å². The summed E-state index contributed by atoms with van der Waals surface area (Å²) in [7, 11) is 1.48. The molecule has 0 heterocycles. The molecule has 0 aromatic heterocycles. The van der Waals surface area contributed by atoms with E-state index in [0.717, 1.165) is 0 Å². The molecule has 8 nitrogen and oxygen atoms in total. The van der Waals surface area contributed by atoms with E-state index in [1.54, 1.807) is 48.5 Å². The fraction of sp³-hybridized carbons (Fsp3) is 0.360. The van der Waals surface area contributed by atoms with Crippen LogP contribution in [-0.4, -0.2) is 44.1 Å². The third kappa shape index (κ3) is 7.22. The van der Waals surface area contributed by atoms with Gasteiger partial charge in [0.2, 0.25) is 0 Å². The molecule has 0 aliphatic heterocycles. The quantitative estimate of drug-likeness (QED) is 0.482. The number of ether oxygens (including phenoxy) is 2. The third-order valence-corrected chi connectivity index (χ3v) is 5.57. The number of halogens is 1. The number of para-hydroxylation sites is 2. The minimum atomic E-state index is -0.945. The van der Waals surface area contributed by atoms with E-state index in [2.05, 4.69) is 5.32 Å². The molecule has 2 atom stereocenters. The first-order chi connectivity index (χ1) is 16.3. The lowest BCUT2D eigenvalue weighted by Crippen LogP contribution is -2.47. The van der Waals surface area contributed by atoms with Gasteiger partial charge in [-0.25, -0.2) is 4.79 Å². The number of methoxy groups -OCH3 is 1. The smallest absolute Gasteiger partial charge is 0.329 e. The highest BCUT2D eigenvalue weighted by molar-refractivity contribution is 6.30. The van der Waals surface area contributed by atoms with Crippen LogP contribution in [-0.2, 0) is 14.3 Å². The lowest BCUT2D eigenvalue weighted by Gasteiger charge is -2.25. The van der Waals surface area contributed by atoms with Crippen molar-refractivity contribution in [3.05, 3.63) is 59.1 Å². The fourth-order valence-corrected chi connectivity index (χ4v) is 3.32. The number of hydrogen-bond donors (Lipinski definition) is 1. The number of nitrogens with zero attached hydrogens (tertiary/aromatic N) is 2. The molecule has 0 spiro atoms. The highest BCUT2D eigenvalue weighted by Gasteiger charge is 2.29. The van der Waals surface area contributed by atoms with Gasteiger partial charge >= 0.3 is 5.97 Å². The van der Waals surface area contributed by atoms with Gasteiger partial charge < -0.3 is 19.7 Å². The first-order valence-electron chi connectivity index (χ1n) is 10.9. The number of rotatable bonds is 11. The van der Waals surface area contributed by atoms with Crippen LogP contribution in [0.25, 0.3) is 0 Å². The molecule has 2 amide bonds. The van der Waals surface area contributed by atoms with E-state index in [1.807, 2.05) is 19.9 Å². The average Bonchev–Trinajstić information content (AvgIpc) is 2.86. The van der Waals surface area contributed by atoms with E-state index >= 15 is 0 Å². The molecule has 2 aromatic carbocycles. The van der Waals surface area contributed by atoms with Crippen molar-refractivity contribution >= 4 is 35.1 Å². The SMILES string of the molecule is CCC(C)C(NC(=O)c1ccc(Cl)cc1)C(=O)OCC(=O)N(CCC#N)c1ccccc1OC. The molecule has 9 heteroatoms. The number of esters is 1. The molecule has 0 saturated heterocycles. The van der Waals surface area contributed by atoms with E-state index in [1.165, 1.54) is 12.0 Å². The van der Waals surface area contributed by atoms with Crippen molar-refractivity contribution in [1.82, 2.24) is 5.32 Å². The monoisotopic (exact) mass is 485 g/mol. The molecular weight excluding hydrogens is 458 g/mol. The average molecular weight is 486 g/mol. The number of hydrogen-bond acceptors (Lipinski definition) is 6. The normalized spacial score (nSPS) is 12.1. The van der Waals surface area contributed by atoms with E-state index in [-0.39, 0.29) is 18.9 Å². The molecule has 0 aliphatic carbocycles. The number of benzene rings is 2. The molecule has 34 heavy (non-hydrogen) atoms. The molecule has 0 saturated carbocycles. The Morgan fingerprint density at radius 2 is 1.82 bits per heavy atom. The topological polar surface area (TPSA) is 109 Å². The molecule has 1 N–H and O–H groups in total. The second kappa shape index (κ2) is 13.2. The number of amides is 2. The van der Waals surface area contributed by atoms with E-state index < -0.39 is 30.4 Å². The van der Waals surface area contributed by atoms with Crippen LogP contribution in [0.1, 0.15) is 37.0 Å². The Bertz CT molecular complexity index is 1040. The zero-order valence-electron chi connectivity index (χ0n) is 19.4. The van der Waals surface area contributed by atoms with Gasteiger partial charge in [-0.3, -0.25) is 9.59 Å². The largest absolute Gasteiger partial charge is 0.495 e. The fourth-order valence-electron chi connectivity index (χ4n) is 3.19. The van der Waals surface area contributed by atoms with Gasteiger partial charge in [-0.15, -0.1) is 0 Å². The van der Waals surface area contributed by atoms with Gasteiger partial charge in [-0.2, -0.15) is 5.26 Å².